The summed E-state index contributed by atoms with van der Waals surface area (Å²) in [6.45, 7) is 0. The normalized spacial score (nSPS) is 9.08. The van der Waals surface area contributed by atoms with Gasteiger partial charge in [-0.15, -0.1) is 0 Å². The number of hydrogen-bond donors (Lipinski definition) is 0. The van der Waals surface area contributed by atoms with Crippen molar-refractivity contribution in [3.05, 3.63) is 0 Å². The van der Waals surface area contributed by atoms with E-state index in [-0.39, 0.29) is 18.2 Å². The third-order valence-electron chi connectivity index (χ3n) is 1.18. The van der Waals surface area contributed by atoms with E-state index < -0.39 is 11.9 Å². The molecule has 0 aromatic carbocycles. The Hall–Kier alpha value is -0.910. The Bertz CT molecular complexity index is 207. The maximum absolute atomic E-state index is 11.0. The Balaban J connectivity index is 3.81. The molecule has 0 saturated heterocycles. The van der Waals surface area contributed by atoms with Crippen molar-refractivity contribution in [3.63, 3.8) is 0 Å². The summed E-state index contributed by atoms with van der Waals surface area (Å²) >= 11 is 2.88. The van der Waals surface area contributed by atoms with Crippen molar-refractivity contribution in [2.24, 2.45) is 0 Å². The number of carbonyl (C=O) groups is 3. The molecule has 0 radical (unpaired) electrons. The van der Waals surface area contributed by atoms with Crippen LogP contribution in [0.4, 0.5) is 0 Å². The number of halogens is 1. The largest absolute Gasteiger partial charge is 0.342 e. The number of hydrogen-bond acceptors (Lipinski definition) is 4. The maximum atomic E-state index is 11.0. The van der Waals surface area contributed by atoms with Crippen LogP contribution in [0, 0.1) is 0 Å². The predicted molar refractivity (Wildman–Crippen MR) is 48.0 cm³/mol. The second-order valence-corrected chi connectivity index (χ2v) is 2.75. The van der Waals surface area contributed by atoms with Gasteiger partial charge in [0.25, 0.3) is 5.91 Å². The molecule has 0 aliphatic carbocycles. The van der Waals surface area contributed by atoms with Gasteiger partial charge in [-0.1, -0.05) is 15.9 Å². The van der Waals surface area contributed by atoms with Crippen LogP contribution in [-0.4, -0.2) is 35.6 Å². The van der Waals surface area contributed by atoms with E-state index in [9.17, 15) is 14.4 Å². The van der Waals surface area contributed by atoms with Gasteiger partial charge < -0.3 is 9.63 Å². The maximum Gasteiger partial charge on any atom is 0.342 e. The first-order chi connectivity index (χ1) is 6.11. The van der Waals surface area contributed by atoms with Gasteiger partial charge in [-0.25, -0.2) is 4.79 Å². The summed E-state index contributed by atoms with van der Waals surface area (Å²) in [5.74, 6) is -0.955. The van der Waals surface area contributed by atoms with Crippen LogP contribution in [0.25, 0.3) is 0 Å². The fourth-order valence-corrected chi connectivity index (χ4v) is 0.670. The van der Waals surface area contributed by atoms with Crippen LogP contribution in [0.15, 0.2) is 0 Å². The quantitative estimate of drug-likeness (QED) is 0.409. The molecule has 13 heavy (non-hydrogen) atoms. The molecule has 0 heterocycles. The van der Waals surface area contributed by atoms with Crippen LogP contribution in [0.1, 0.15) is 12.8 Å². The Morgan fingerprint density at radius 2 is 2.15 bits per heavy atom. The molecule has 0 aliphatic rings. The van der Waals surface area contributed by atoms with Crippen LogP contribution < -0.4 is 0 Å². The van der Waals surface area contributed by atoms with E-state index in [4.69, 9.17) is 0 Å². The molecule has 0 aromatic heterocycles. The molecule has 0 atom stereocenters. The lowest BCUT2D eigenvalue weighted by Crippen LogP contribution is -2.30. The Labute approximate surface area is 84.1 Å². The summed E-state index contributed by atoms with van der Waals surface area (Å²) in [5, 5.41) is 0.853. The van der Waals surface area contributed by atoms with E-state index >= 15 is 0 Å². The number of nitrogens with zero attached hydrogens (tertiary/aromatic N) is 1. The second-order valence-electron chi connectivity index (χ2n) is 2.19. The third-order valence-corrected chi connectivity index (χ3v) is 1.63. The van der Waals surface area contributed by atoms with Gasteiger partial charge >= 0.3 is 5.97 Å². The average Bonchev–Trinajstić information content (AvgIpc) is 2.13. The molecule has 0 rings (SSSR count). The molecule has 74 valence electrons. The zero-order valence-electron chi connectivity index (χ0n) is 7.16. The SMILES string of the molecule is CN(OC(=O)CBr)C(=O)CCC=O. The van der Waals surface area contributed by atoms with E-state index in [1.54, 1.807) is 0 Å². The van der Waals surface area contributed by atoms with Crippen LogP contribution in [0.5, 0.6) is 0 Å². The minimum Gasteiger partial charge on any atom is -0.337 e. The van der Waals surface area contributed by atoms with E-state index in [0.29, 0.717) is 6.29 Å². The summed E-state index contributed by atoms with van der Waals surface area (Å²) < 4.78 is 0. The minimum atomic E-state index is -0.554. The number of alkyl halides is 1. The fraction of sp³-hybridized carbons (Fsp3) is 0.571. The molecule has 6 heteroatoms. The topological polar surface area (TPSA) is 63.7 Å². The van der Waals surface area contributed by atoms with Gasteiger partial charge in [0.2, 0.25) is 0 Å². The molecule has 0 bridgehead atoms. The van der Waals surface area contributed by atoms with E-state index in [1.807, 2.05) is 0 Å². The smallest absolute Gasteiger partial charge is 0.337 e. The first-order valence-electron chi connectivity index (χ1n) is 3.58. The molecule has 0 saturated carbocycles. The van der Waals surface area contributed by atoms with Gasteiger partial charge in [0.05, 0.1) is 0 Å². The van der Waals surface area contributed by atoms with E-state index in [0.717, 1.165) is 5.06 Å². The van der Waals surface area contributed by atoms with Crippen molar-refractivity contribution in [3.8, 4) is 0 Å². The molecule has 0 aromatic rings. The standard InChI is InChI=1S/C7H10BrNO4/c1-9(13-7(12)5-8)6(11)3-2-4-10/h4H,2-3,5H2,1H3. The van der Waals surface area contributed by atoms with Crippen molar-refractivity contribution in [1.29, 1.82) is 0 Å². The molecule has 0 aliphatic heterocycles. The van der Waals surface area contributed by atoms with Crippen LogP contribution in [0.2, 0.25) is 0 Å². The van der Waals surface area contributed by atoms with Gasteiger partial charge in [-0.3, -0.25) is 4.79 Å². The lowest BCUT2D eigenvalue weighted by molar-refractivity contribution is -0.190. The van der Waals surface area contributed by atoms with Gasteiger partial charge in [0.15, 0.2) is 0 Å². The first kappa shape index (κ1) is 12.1. The van der Waals surface area contributed by atoms with E-state index in [1.165, 1.54) is 7.05 Å². The molecular formula is C7H10BrNO4. The van der Waals surface area contributed by atoms with Crippen LogP contribution >= 0.6 is 15.9 Å². The summed E-state index contributed by atoms with van der Waals surface area (Å²) in [5.41, 5.74) is 0. The molecule has 0 unspecified atom stereocenters. The van der Waals surface area contributed by atoms with Gasteiger partial charge in [-0.2, -0.15) is 5.06 Å². The summed E-state index contributed by atoms with van der Waals surface area (Å²) in [4.78, 5) is 36.2. The predicted octanol–water partition coefficient (Wildman–Crippen LogP) is 0.277. The summed E-state index contributed by atoms with van der Waals surface area (Å²) in [7, 11) is 1.33. The van der Waals surface area contributed by atoms with Gasteiger partial charge in [-0.05, 0) is 0 Å². The summed E-state index contributed by atoms with van der Waals surface area (Å²) in [6, 6.07) is 0. The Morgan fingerprint density at radius 3 is 2.62 bits per heavy atom. The van der Waals surface area contributed by atoms with Crippen molar-refractivity contribution in [1.82, 2.24) is 5.06 Å². The highest BCUT2D eigenvalue weighted by molar-refractivity contribution is 9.09. The minimum absolute atomic E-state index is 0.0261. The zero-order valence-corrected chi connectivity index (χ0v) is 8.74. The van der Waals surface area contributed by atoms with Gasteiger partial charge in [0.1, 0.15) is 11.6 Å². The monoisotopic (exact) mass is 251 g/mol. The zero-order chi connectivity index (χ0) is 10.3. The lowest BCUT2D eigenvalue weighted by atomic mass is 10.3. The van der Waals surface area contributed by atoms with Crippen LogP contribution in [-0.2, 0) is 19.2 Å². The number of carbonyl (C=O) groups excluding carboxylic acids is 3. The molecule has 0 spiro atoms. The van der Waals surface area contributed by atoms with Crippen molar-refractivity contribution in [2.75, 3.05) is 12.4 Å². The molecular weight excluding hydrogens is 242 g/mol. The van der Waals surface area contributed by atoms with Crippen molar-refractivity contribution in [2.45, 2.75) is 12.8 Å². The highest BCUT2D eigenvalue weighted by atomic mass is 79.9. The molecule has 0 N–H and O–H groups in total. The number of aldehydes is 1. The van der Waals surface area contributed by atoms with E-state index in [2.05, 4.69) is 20.8 Å². The number of rotatable bonds is 4. The Morgan fingerprint density at radius 1 is 1.54 bits per heavy atom. The summed E-state index contributed by atoms with van der Waals surface area (Å²) in [6.07, 6.45) is 0.822. The number of amides is 1. The second kappa shape index (κ2) is 6.59. The van der Waals surface area contributed by atoms with Crippen molar-refractivity contribution < 1.29 is 19.2 Å². The molecule has 1 amide bonds. The van der Waals surface area contributed by atoms with Crippen molar-refractivity contribution >= 4 is 34.1 Å². The van der Waals surface area contributed by atoms with Gasteiger partial charge in [0, 0.05) is 19.9 Å². The van der Waals surface area contributed by atoms with Crippen LogP contribution in [0.3, 0.4) is 0 Å². The molecule has 0 fully saturated rings. The number of hydroxylamine groups is 2. The fourth-order valence-electron chi connectivity index (χ4n) is 0.568. The third kappa shape index (κ3) is 5.35. The lowest BCUT2D eigenvalue weighted by Gasteiger charge is -2.14. The Kier molecular flexibility index (Phi) is 6.13. The average molecular weight is 252 g/mol. The highest BCUT2D eigenvalue weighted by Crippen LogP contribution is 1.96. The molecule has 5 nitrogen and oxygen atoms in total. The highest BCUT2D eigenvalue weighted by Gasteiger charge is 2.12. The first-order valence-corrected chi connectivity index (χ1v) is 4.71.